The van der Waals surface area contributed by atoms with E-state index in [4.69, 9.17) is 10.2 Å². The van der Waals surface area contributed by atoms with Crippen molar-refractivity contribution in [3.05, 3.63) is 0 Å². The van der Waals surface area contributed by atoms with E-state index in [1.54, 1.807) is 0 Å². The zero-order valence-electron chi connectivity index (χ0n) is 12.4. The van der Waals surface area contributed by atoms with Crippen molar-refractivity contribution in [2.24, 2.45) is 11.3 Å². The van der Waals surface area contributed by atoms with Crippen LogP contribution in [0, 0.1) is 11.3 Å². The average molecular weight is 272 g/mol. The van der Waals surface area contributed by atoms with Crippen molar-refractivity contribution < 1.29 is 15.0 Å². The fraction of sp³-hybridized carbons (Fsp3) is 0.929. The number of carboxylic acid groups (broad SMARTS) is 1. The van der Waals surface area contributed by atoms with Crippen LogP contribution in [0.15, 0.2) is 0 Å². The molecular formula is C14H28N2O3. The van der Waals surface area contributed by atoms with E-state index < -0.39 is 5.97 Å². The number of hydrogen-bond acceptors (Lipinski definition) is 4. The summed E-state index contributed by atoms with van der Waals surface area (Å²) in [6.07, 6.45) is 1.12. The van der Waals surface area contributed by atoms with Gasteiger partial charge in [-0.05, 0) is 17.8 Å². The van der Waals surface area contributed by atoms with E-state index in [-0.39, 0.29) is 24.4 Å². The second-order valence-corrected chi connectivity index (χ2v) is 6.82. The minimum absolute atomic E-state index is 0.131. The van der Waals surface area contributed by atoms with E-state index in [1.165, 1.54) is 0 Å². The third-order valence-electron chi connectivity index (χ3n) is 3.41. The summed E-state index contributed by atoms with van der Waals surface area (Å²) >= 11 is 0. The van der Waals surface area contributed by atoms with Crippen molar-refractivity contribution >= 4 is 5.97 Å². The first kappa shape index (κ1) is 16.4. The molecule has 19 heavy (non-hydrogen) atoms. The van der Waals surface area contributed by atoms with Gasteiger partial charge in [-0.15, -0.1) is 0 Å². The molecule has 112 valence electrons. The molecule has 0 saturated carbocycles. The van der Waals surface area contributed by atoms with Gasteiger partial charge in [-0.25, -0.2) is 0 Å². The molecule has 0 aromatic heterocycles. The molecule has 0 aromatic carbocycles. The third kappa shape index (κ3) is 6.89. The second-order valence-electron chi connectivity index (χ2n) is 6.82. The monoisotopic (exact) mass is 272 g/mol. The molecule has 1 saturated heterocycles. The molecule has 1 rings (SSSR count). The van der Waals surface area contributed by atoms with Crippen molar-refractivity contribution in [1.82, 2.24) is 10.2 Å². The van der Waals surface area contributed by atoms with E-state index in [0.29, 0.717) is 12.6 Å². The van der Waals surface area contributed by atoms with E-state index in [9.17, 15) is 4.79 Å². The van der Waals surface area contributed by atoms with Crippen LogP contribution < -0.4 is 5.32 Å². The number of hydrogen-bond donors (Lipinski definition) is 3. The summed E-state index contributed by atoms with van der Waals surface area (Å²) in [7, 11) is 0. The molecule has 1 aliphatic heterocycles. The Morgan fingerprint density at radius 3 is 2.58 bits per heavy atom. The van der Waals surface area contributed by atoms with Crippen LogP contribution in [0.2, 0.25) is 0 Å². The number of β-amino-alcohol motifs (C(OH)–C–C–N with tert-alkyl or cyclic N) is 1. The van der Waals surface area contributed by atoms with Crippen molar-refractivity contribution in [3.8, 4) is 0 Å². The molecule has 0 aliphatic carbocycles. The first-order chi connectivity index (χ1) is 8.80. The van der Waals surface area contributed by atoms with E-state index in [1.807, 2.05) is 0 Å². The molecule has 5 heteroatoms. The average Bonchev–Trinajstić information content (AvgIpc) is 2.24. The SMILES string of the molecule is CC(C)(C)CNC1CC(CC(=O)O)CN(CCO)C1. The number of nitrogens with zero attached hydrogens (tertiary/aromatic N) is 1. The van der Waals surface area contributed by atoms with Crippen LogP contribution in [0.5, 0.6) is 0 Å². The quantitative estimate of drug-likeness (QED) is 0.666. The standard InChI is InChI=1S/C14H28N2O3/c1-14(2,3)10-15-12-6-11(7-13(18)19)8-16(9-12)4-5-17/h11-12,15,17H,4-10H2,1-3H3,(H,18,19). The molecule has 0 bridgehead atoms. The smallest absolute Gasteiger partial charge is 0.303 e. The lowest BCUT2D eigenvalue weighted by Gasteiger charge is -2.38. The zero-order chi connectivity index (χ0) is 14.5. The van der Waals surface area contributed by atoms with Gasteiger partial charge >= 0.3 is 5.97 Å². The van der Waals surface area contributed by atoms with Crippen LogP contribution in [0.3, 0.4) is 0 Å². The number of carbonyl (C=O) groups is 1. The van der Waals surface area contributed by atoms with Gasteiger partial charge in [0.15, 0.2) is 0 Å². The highest BCUT2D eigenvalue weighted by Gasteiger charge is 2.28. The van der Waals surface area contributed by atoms with Crippen molar-refractivity contribution in [2.75, 3.05) is 32.8 Å². The number of piperidine rings is 1. The third-order valence-corrected chi connectivity index (χ3v) is 3.41. The summed E-state index contributed by atoms with van der Waals surface area (Å²) in [5.41, 5.74) is 0.224. The molecule has 2 unspecified atom stereocenters. The van der Waals surface area contributed by atoms with Crippen LogP contribution in [0.1, 0.15) is 33.6 Å². The lowest BCUT2D eigenvalue weighted by atomic mass is 9.90. The summed E-state index contributed by atoms with van der Waals surface area (Å²) in [4.78, 5) is 13.0. The Morgan fingerprint density at radius 2 is 2.05 bits per heavy atom. The van der Waals surface area contributed by atoms with Gasteiger partial charge in [0, 0.05) is 38.6 Å². The van der Waals surface area contributed by atoms with E-state index in [2.05, 4.69) is 31.0 Å². The lowest BCUT2D eigenvalue weighted by Crippen LogP contribution is -2.51. The number of aliphatic hydroxyl groups excluding tert-OH is 1. The minimum atomic E-state index is -0.731. The maximum atomic E-state index is 10.9. The number of aliphatic hydroxyl groups is 1. The fourth-order valence-electron chi connectivity index (χ4n) is 2.62. The van der Waals surface area contributed by atoms with Crippen LogP contribution >= 0.6 is 0 Å². The predicted octanol–water partition coefficient (Wildman–Crippen LogP) is 0.780. The van der Waals surface area contributed by atoms with E-state index in [0.717, 1.165) is 26.1 Å². The van der Waals surface area contributed by atoms with Crippen LogP contribution in [0.4, 0.5) is 0 Å². The molecule has 1 heterocycles. The first-order valence-electron chi connectivity index (χ1n) is 7.08. The Balaban J connectivity index is 2.51. The summed E-state index contributed by atoms with van der Waals surface area (Å²) in [5, 5.41) is 21.5. The zero-order valence-corrected chi connectivity index (χ0v) is 12.4. The van der Waals surface area contributed by atoms with Gasteiger partial charge in [0.05, 0.1) is 6.61 Å². The number of rotatable bonds is 6. The van der Waals surface area contributed by atoms with Crippen LogP contribution in [-0.4, -0.2) is 59.9 Å². The summed E-state index contributed by atoms with van der Waals surface area (Å²) in [5.74, 6) is -0.555. The van der Waals surface area contributed by atoms with E-state index >= 15 is 0 Å². The maximum Gasteiger partial charge on any atom is 0.303 e. The summed E-state index contributed by atoms with van der Waals surface area (Å²) < 4.78 is 0. The highest BCUT2D eigenvalue weighted by Crippen LogP contribution is 2.21. The highest BCUT2D eigenvalue weighted by atomic mass is 16.4. The van der Waals surface area contributed by atoms with Gasteiger partial charge in [0.25, 0.3) is 0 Å². The normalized spacial score (nSPS) is 25.5. The Morgan fingerprint density at radius 1 is 1.37 bits per heavy atom. The number of likely N-dealkylation sites (tertiary alicyclic amines) is 1. The van der Waals surface area contributed by atoms with Gasteiger partial charge in [-0.3, -0.25) is 9.69 Å². The van der Waals surface area contributed by atoms with Gasteiger partial charge in [0.2, 0.25) is 0 Å². The number of aliphatic carboxylic acids is 1. The van der Waals surface area contributed by atoms with Gasteiger partial charge in [-0.1, -0.05) is 20.8 Å². The predicted molar refractivity (Wildman–Crippen MR) is 75.1 cm³/mol. The number of nitrogens with one attached hydrogen (secondary N) is 1. The number of carboxylic acids is 1. The molecule has 3 N–H and O–H groups in total. The molecule has 2 atom stereocenters. The van der Waals surface area contributed by atoms with Gasteiger partial charge in [0.1, 0.15) is 0 Å². The van der Waals surface area contributed by atoms with Gasteiger partial charge < -0.3 is 15.5 Å². The van der Waals surface area contributed by atoms with Crippen LogP contribution in [0.25, 0.3) is 0 Å². The Bertz CT molecular complexity index is 289. The maximum absolute atomic E-state index is 10.9. The molecule has 0 amide bonds. The Hall–Kier alpha value is -0.650. The lowest BCUT2D eigenvalue weighted by molar-refractivity contribution is -0.138. The molecule has 1 fully saturated rings. The first-order valence-corrected chi connectivity index (χ1v) is 7.08. The molecule has 1 aliphatic rings. The molecular weight excluding hydrogens is 244 g/mol. The van der Waals surface area contributed by atoms with Crippen molar-refractivity contribution in [2.45, 2.75) is 39.7 Å². The molecule has 0 radical (unpaired) electrons. The highest BCUT2D eigenvalue weighted by molar-refractivity contribution is 5.67. The Kier molecular flexibility index (Phi) is 6.23. The summed E-state index contributed by atoms with van der Waals surface area (Å²) in [6.45, 7) is 9.91. The molecule has 5 nitrogen and oxygen atoms in total. The van der Waals surface area contributed by atoms with Gasteiger partial charge in [-0.2, -0.15) is 0 Å². The van der Waals surface area contributed by atoms with Crippen molar-refractivity contribution in [3.63, 3.8) is 0 Å². The van der Waals surface area contributed by atoms with Crippen LogP contribution in [-0.2, 0) is 4.79 Å². The summed E-state index contributed by atoms with van der Waals surface area (Å²) in [6, 6.07) is 0.323. The minimum Gasteiger partial charge on any atom is -0.481 e. The largest absolute Gasteiger partial charge is 0.481 e. The second kappa shape index (κ2) is 7.22. The topological polar surface area (TPSA) is 72.8 Å². The van der Waals surface area contributed by atoms with Crippen molar-refractivity contribution in [1.29, 1.82) is 0 Å². The fourth-order valence-corrected chi connectivity index (χ4v) is 2.62. The Labute approximate surface area is 116 Å². The molecule has 0 aromatic rings. The molecule has 0 spiro atoms.